The molecule has 0 spiro atoms. The number of pyridine rings is 1. The molecular formula is C12H16FN3O. The number of nitrogens with zero attached hydrogens (tertiary/aromatic N) is 1. The molecule has 0 aromatic carbocycles. The zero-order chi connectivity index (χ0) is 12.3. The number of nitrogens with one attached hydrogen (secondary N) is 2. The highest BCUT2D eigenvalue weighted by atomic mass is 19.1. The molecule has 17 heavy (non-hydrogen) atoms. The van der Waals surface area contributed by atoms with Gasteiger partial charge in [-0.1, -0.05) is 6.92 Å². The Balaban J connectivity index is 2.03. The molecule has 0 aliphatic carbocycles. The van der Waals surface area contributed by atoms with Gasteiger partial charge in [-0.25, -0.2) is 9.37 Å². The molecule has 1 saturated heterocycles. The van der Waals surface area contributed by atoms with Crippen molar-refractivity contribution < 1.29 is 9.18 Å². The highest BCUT2D eigenvalue weighted by Crippen LogP contribution is 2.29. The van der Waals surface area contributed by atoms with Crippen molar-refractivity contribution in [2.24, 2.45) is 5.41 Å². The maximum atomic E-state index is 12.7. The first-order chi connectivity index (χ1) is 8.10. The molecule has 2 heterocycles. The Morgan fingerprint density at radius 3 is 2.76 bits per heavy atom. The molecular weight excluding hydrogens is 221 g/mol. The van der Waals surface area contributed by atoms with Gasteiger partial charge in [0, 0.05) is 5.41 Å². The van der Waals surface area contributed by atoms with Crippen molar-refractivity contribution in [1.29, 1.82) is 0 Å². The largest absolute Gasteiger partial charge is 0.317 e. The maximum Gasteiger partial charge on any atom is 0.231 e. The number of amides is 1. The molecule has 1 amide bonds. The number of carbonyl (C=O) groups is 1. The van der Waals surface area contributed by atoms with Gasteiger partial charge in [0.1, 0.15) is 11.6 Å². The van der Waals surface area contributed by atoms with Gasteiger partial charge in [-0.05, 0) is 38.1 Å². The summed E-state index contributed by atoms with van der Waals surface area (Å²) in [6, 6.07) is 2.76. The Labute approximate surface area is 99.6 Å². The van der Waals surface area contributed by atoms with Gasteiger partial charge in [0.25, 0.3) is 0 Å². The van der Waals surface area contributed by atoms with E-state index in [2.05, 4.69) is 15.6 Å². The molecule has 92 valence electrons. The van der Waals surface area contributed by atoms with E-state index in [1.54, 1.807) is 0 Å². The lowest BCUT2D eigenvalue weighted by Gasteiger charge is -2.32. The van der Waals surface area contributed by atoms with E-state index < -0.39 is 5.82 Å². The van der Waals surface area contributed by atoms with E-state index in [9.17, 15) is 9.18 Å². The van der Waals surface area contributed by atoms with E-state index in [1.165, 1.54) is 12.1 Å². The summed E-state index contributed by atoms with van der Waals surface area (Å²) in [6.07, 6.45) is 2.71. The second-order valence-corrected chi connectivity index (χ2v) is 4.63. The second-order valence-electron chi connectivity index (χ2n) is 4.63. The highest BCUT2D eigenvalue weighted by Gasteiger charge is 2.34. The van der Waals surface area contributed by atoms with Crippen LogP contribution in [0, 0.1) is 11.2 Å². The molecule has 1 aromatic heterocycles. The average Bonchev–Trinajstić information content (AvgIpc) is 2.33. The third-order valence-electron chi connectivity index (χ3n) is 3.22. The summed E-state index contributed by atoms with van der Waals surface area (Å²) in [5.74, 6) is -0.0506. The van der Waals surface area contributed by atoms with Crippen LogP contribution in [0.25, 0.3) is 0 Å². The molecule has 1 aliphatic heterocycles. The molecule has 1 fully saturated rings. The summed E-state index contributed by atoms with van der Waals surface area (Å²) >= 11 is 0. The molecule has 4 nitrogen and oxygen atoms in total. The number of rotatable bonds is 2. The van der Waals surface area contributed by atoms with Crippen LogP contribution in [0.5, 0.6) is 0 Å². The summed E-state index contributed by atoms with van der Waals surface area (Å²) < 4.78 is 12.7. The van der Waals surface area contributed by atoms with Gasteiger partial charge in [0.15, 0.2) is 0 Å². The Bertz CT molecular complexity index is 399. The van der Waals surface area contributed by atoms with Crippen molar-refractivity contribution in [1.82, 2.24) is 10.3 Å². The molecule has 1 aliphatic rings. The summed E-state index contributed by atoms with van der Waals surface area (Å²) in [5.41, 5.74) is -0.360. The van der Waals surface area contributed by atoms with Gasteiger partial charge in [-0.3, -0.25) is 4.79 Å². The first-order valence-electron chi connectivity index (χ1n) is 5.74. The van der Waals surface area contributed by atoms with Gasteiger partial charge in [-0.2, -0.15) is 0 Å². The Morgan fingerprint density at radius 2 is 2.18 bits per heavy atom. The molecule has 0 unspecified atom stereocenters. The third-order valence-corrected chi connectivity index (χ3v) is 3.22. The Kier molecular flexibility index (Phi) is 3.38. The van der Waals surface area contributed by atoms with E-state index in [0.29, 0.717) is 5.82 Å². The number of hydrogen-bond acceptors (Lipinski definition) is 3. The minimum Gasteiger partial charge on any atom is -0.317 e. The predicted octanol–water partition coefficient (Wildman–Crippen LogP) is 1.55. The SMILES string of the molecule is CC1(C(=O)Nc2ccc(F)cn2)CCNCC1. The summed E-state index contributed by atoms with van der Waals surface area (Å²) in [5, 5.41) is 5.96. The Hall–Kier alpha value is -1.49. The topological polar surface area (TPSA) is 54.0 Å². The molecule has 5 heteroatoms. The van der Waals surface area contributed by atoms with Crippen molar-refractivity contribution in [3.8, 4) is 0 Å². The monoisotopic (exact) mass is 237 g/mol. The molecule has 0 radical (unpaired) electrons. The van der Waals surface area contributed by atoms with Gasteiger partial charge in [0.2, 0.25) is 5.91 Å². The standard InChI is InChI=1S/C12H16FN3O/c1-12(4-6-14-7-5-12)11(17)16-10-3-2-9(13)8-15-10/h2-3,8,14H,4-7H2,1H3,(H,15,16,17). The van der Waals surface area contributed by atoms with Gasteiger partial charge in [-0.15, -0.1) is 0 Å². The van der Waals surface area contributed by atoms with Crippen LogP contribution in [0.15, 0.2) is 18.3 Å². The molecule has 0 bridgehead atoms. The number of halogens is 1. The van der Waals surface area contributed by atoms with Gasteiger partial charge < -0.3 is 10.6 Å². The zero-order valence-corrected chi connectivity index (χ0v) is 9.79. The van der Waals surface area contributed by atoms with Gasteiger partial charge >= 0.3 is 0 Å². The Morgan fingerprint density at radius 1 is 1.47 bits per heavy atom. The molecule has 1 aromatic rings. The lowest BCUT2D eigenvalue weighted by molar-refractivity contribution is -0.126. The first kappa shape index (κ1) is 12.0. The molecule has 0 saturated carbocycles. The fourth-order valence-corrected chi connectivity index (χ4v) is 1.92. The summed E-state index contributed by atoms with van der Waals surface area (Å²) in [6.45, 7) is 3.65. The number of carbonyl (C=O) groups excluding carboxylic acids is 1. The van der Waals surface area contributed by atoms with Crippen LogP contribution >= 0.6 is 0 Å². The van der Waals surface area contributed by atoms with Crippen LogP contribution in [-0.4, -0.2) is 24.0 Å². The lowest BCUT2D eigenvalue weighted by atomic mass is 9.80. The molecule has 2 N–H and O–H groups in total. The van der Waals surface area contributed by atoms with Crippen molar-refractivity contribution in [2.75, 3.05) is 18.4 Å². The van der Waals surface area contributed by atoms with E-state index in [-0.39, 0.29) is 11.3 Å². The van der Waals surface area contributed by atoms with Crippen molar-refractivity contribution in [2.45, 2.75) is 19.8 Å². The minimum atomic E-state index is -0.406. The maximum absolute atomic E-state index is 12.7. The van der Waals surface area contributed by atoms with Crippen LogP contribution < -0.4 is 10.6 Å². The number of piperidine rings is 1. The van der Waals surface area contributed by atoms with E-state index in [4.69, 9.17) is 0 Å². The number of hydrogen-bond donors (Lipinski definition) is 2. The fourth-order valence-electron chi connectivity index (χ4n) is 1.92. The fraction of sp³-hybridized carbons (Fsp3) is 0.500. The highest BCUT2D eigenvalue weighted by molar-refractivity contribution is 5.94. The van der Waals surface area contributed by atoms with Crippen molar-refractivity contribution in [3.05, 3.63) is 24.1 Å². The summed E-state index contributed by atoms with van der Waals surface area (Å²) in [4.78, 5) is 15.9. The van der Waals surface area contributed by atoms with Gasteiger partial charge in [0.05, 0.1) is 6.20 Å². The van der Waals surface area contributed by atoms with Crippen LogP contribution in [0.1, 0.15) is 19.8 Å². The quantitative estimate of drug-likeness (QED) is 0.820. The van der Waals surface area contributed by atoms with Crippen molar-refractivity contribution >= 4 is 11.7 Å². The van der Waals surface area contributed by atoms with Crippen LogP contribution in [0.3, 0.4) is 0 Å². The normalized spacial score (nSPS) is 18.7. The second kappa shape index (κ2) is 4.79. The first-order valence-corrected chi connectivity index (χ1v) is 5.74. The number of aromatic nitrogens is 1. The van der Waals surface area contributed by atoms with Crippen LogP contribution in [0.4, 0.5) is 10.2 Å². The molecule has 2 rings (SSSR count). The minimum absolute atomic E-state index is 0.0434. The van der Waals surface area contributed by atoms with E-state index in [0.717, 1.165) is 32.1 Å². The third kappa shape index (κ3) is 2.79. The predicted molar refractivity (Wildman–Crippen MR) is 63.0 cm³/mol. The van der Waals surface area contributed by atoms with Crippen LogP contribution in [-0.2, 0) is 4.79 Å². The van der Waals surface area contributed by atoms with E-state index >= 15 is 0 Å². The number of anilines is 1. The summed E-state index contributed by atoms with van der Waals surface area (Å²) in [7, 11) is 0. The molecule has 0 atom stereocenters. The van der Waals surface area contributed by atoms with Crippen molar-refractivity contribution in [3.63, 3.8) is 0 Å². The van der Waals surface area contributed by atoms with E-state index in [1.807, 2.05) is 6.92 Å². The van der Waals surface area contributed by atoms with Crippen LogP contribution in [0.2, 0.25) is 0 Å². The lowest BCUT2D eigenvalue weighted by Crippen LogP contribution is -2.42. The smallest absolute Gasteiger partial charge is 0.231 e. The zero-order valence-electron chi connectivity index (χ0n) is 9.79. The average molecular weight is 237 g/mol.